The number of allylic oxidation sites excluding steroid dienone is 4. The lowest BCUT2D eigenvalue weighted by Gasteiger charge is -2.43. The molecule has 0 radical (unpaired) electrons. The van der Waals surface area contributed by atoms with E-state index in [-0.39, 0.29) is 5.54 Å². The first-order valence-corrected chi connectivity index (χ1v) is 8.58. The molecule has 2 unspecified atom stereocenters. The van der Waals surface area contributed by atoms with Crippen molar-refractivity contribution in [3.8, 4) is 0 Å². The summed E-state index contributed by atoms with van der Waals surface area (Å²) < 4.78 is 0. The third-order valence-electron chi connectivity index (χ3n) is 4.98. The van der Waals surface area contributed by atoms with Gasteiger partial charge in [-0.1, -0.05) is 45.9 Å². The van der Waals surface area contributed by atoms with Crippen molar-refractivity contribution in [3.05, 3.63) is 48.4 Å². The molecule has 0 amide bonds. The molecule has 0 N–H and O–H groups in total. The summed E-state index contributed by atoms with van der Waals surface area (Å²) in [6.45, 7) is 15.4. The molecule has 0 aliphatic carbocycles. The average molecular weight is 287 g/mol. The lowest BCUT2D eigenvalue weighted by Crippen LogP contribution is -2.45. The van der Waals surface area contributed by atoms with Gasteiger partial charge in [0.05, 0.1) is 5.54 Å². The Morgan fingerprint density at radius 3 is 2.29 bits per heavy atom. The predicted molar refractivity (Wildman–Crippen MR) is 95.0 cm³/mol. The molecule has 0 saturated carbocycles. The molecule has 1 heteroatoms. The van der Waals surface area contributed by atoms with Gasteiger partial charge in [0.25, 0.3) is 0 Å². The molecule has 2 atom stereocenters. The highest BCUT2D eigenvalue weighted by atomic mass is 15.2. The van der Waals surface area contributed by atoms with E-state index in [1.165, 1.54) is 12.1 Å². The van der Waals surface area contributed by atoms with Gasteiger partial charge in [0.2, 0.25) is 0 Å². The van der Waals surface area contributed by atoms with Gasteiger partial charge in [-0.2, -0.15) is 0 Å². The average Bonchev–Trinajstić information content (AvgIpc) is 2.76. The Hall–Kier alpha value is -1.24. The van der Waals surface area contributed by atoms with Crippen molar-refractivity contribution >= 4 is 0 Å². The SMILES string of the molecule is C=CCC1(CC)C(CC)C(CC)=C(CC)N1C=CC=CC. The molecule has 0 bridgehead atoms. The molecule has 21 heavy (non-hydrogen) atoms. The normalized spacial score (nSPS) is 26.5. The van der Waals surface area contributed by atoms with Crippen LogP contribution in [0.3, 0.4) is 0 Å². The fourth-order valence-electron chi connectivity index (χ4n) is 4.13. The minimum Gasteiger partial charge on any atom is -0.345 e. The van der Waals surface area contributed by atoms with Crippen LogP contribution in [-0.4, -0.2) is 10.4 Å². The lowest BCUT2D eigenvalue weighted by atomic mass is 9.75. The molecule has 0 aromatic carbocycles. The fourth-order valence-corrected chi connectivity index (χ4v) is 4.13. The van der Waals surface area contributed by atoms with Crippen molar-refractivity contribution in [1.29, 1.82) is 0 Å². The molecule has 1 nitrogen and oxygen atoms in total. The van der Waals surface area contributed by atoms with Gasteiger partial charge in [0.15, 0.2) is 0 Å². The molecule has 118 valence electrons. The molecule has 1 heterocycles. The zero-order valence-electron chi connectivity index (χ0n) is 14.7. The van der Waals surface area contributed by atoms with Crippen molar-refractivity contribution in [1.82, 2.24) is 4.90 Å². The first-order valence-electron chi connectivity index (χ1n) is 8.58. The van der Waals surface area contributed by atoms with Crippen LogP contribution in [0.25, 0.3) is 0 Å². The van der Waals surface area contributed by atoms with Gasteiger partial charge in [-0.15, -0.1) is 6.58 Å². The number of hydrogen-bond donors (Lipinski definition) is 0. The van der Waals surface area contributed by atoms with E-state index in [1.54, 1.807) is 5.57 Å². The van der Waals surface area contributed by atoms with Gasteiger partial charge in [0, 0.05) is 17.8 Å². The van der Waals surface area contributed by atoms with Crippen LogP contribution >= 0.6 is 0 Å². The number of nitrogens with zero attached hydrogens (tertiary/aromatic N) is 1. The highest BCUT2D eigenvalue weighted by molar-refractivity contribution is 5.33. The molecule has 0 spiro atoms. The van der Waals surface area contributed by atoms with Crippen LogP contribution in [0.2, 0.25) is 0 Å². The maximum Gasteiger partial charge on any atom is 0.0539 e. The zero-order chi connectivity index (χ0) is 15.9. The van der Waals surface area contributed by atoms with Crippen LogP contribution in [0, 0.1) is 5.92 Å². The highest BCUT2D eigenvalue weighted by Crippen LogP contribution is 2.50. The predicted octanol–water partition coefficient (Wildman–Crippen LogP) is 6.22. The first kappa shape index (κ1) is 17.8. The minimum atomic E-state index is 0.186. The van der Waals surface area contributed by atoms with Crippen molar-refractivity contribution < 1.29 is 0 Å². The van der Waals surface area contributed by atoms with Gasteiger partial charge in [0.1, 0.15) is 0 Å². The molecular formula is C20H33N. The highest BCUT2D eigenvalue weighted by Gasteiger charge is 2.47. The van der Waals surface area contributed by atoms with E-state index in [9.17, 15) is 0 Å². The van der Waals surface area contributed by atoms with Gasteiger partial charge in [-0.05, 0) is 50.7 Å². The minimum absolute atomic E-state index is 0.186. The summed E-state index contributed by atoms with van der Waals surface area (Å²) in [6.07, 6.45) is 16.5. The Labute approximate surface area is 132 Å². The monoisotopic (exact) mass is 287 g/mol. The molecular weight excluding hydrogens is 254 g/mol. The van der Waals surface area contributed by atoms with E-state index in [2.05, 4.69) is 76.6 Å². The van der Waals surface area contributed by atoms with Gasteiger partial charge in [-0.25, -0.2) is 0 Å². The summed E-state index contributed by atoms with van der Waals surface area (Å²) in [4.78, 5) is 2.57. The smallest absolute Gasteiger partial charge is 0.0539 e. The van der Waals surface area contributed by atoms with E-state index < -0.39 is 0 Å². The van der Waals surface area contributed by atoms with E-state index in [1.807, 2.05) is 0 Å². The first-order chi connectivity index (χ1) is 10.2. The Balaban J connectivity index is 3.39. The summed E-state index contributed by atoms with van der Waals surface area (Å²) in [6, 6.07) is 0. The van der Waals surface area contributed by atoms with Crippen LogP contribution in [-0.2, 0) is 0 Å². The summed E-state index contributed by atoms with van der Waals surface area (Å²) in [7, 11) is 0. The molecule has 0 fully saturated rings. The molecule has 0 saturated heterocycles. The Morgan fingerprint density at radius 2 is 1.86 bits per heavy atom. The second-order valence-electron chi connectivity index (χ2n) is 5.83. The molecule has 1 aliphatic heterocycles. The third-order valence-corrected chi connectivity index (χ3v) is 4.98. The van der Waals surface area contributed by atoms with Gasteiger partial charge < -0.3 is 4.90 Å². The van der Waals surface area contributed by atoms with Gasteiger partial charge >= 0.3 is 0 Å². The topological polar surface area (TPSA) is 3.24 Å². The largest absolute Gasteiger partial charge is 0.345 e. The summed E-state index contributed by atoms with van der Waals surface area (Å²) in [5.74, 6) is 0.649. The summed E-state index contributed by atoms with van der Waals surface area (Å²) in [5, 5.41) is 0. The van der Waals surface area contributed by atoms with E-state index in [0.717, 1.165) is 25.7 Å². The second-order valence-corrected chi connectivity index (χ2v) is 5.83. The summed E-state index contributed by atoms with van der Waals surface area (Å²) >= 11 is 0. The van der Waals surface area contributed by atoms with Crippen molar-refractivity contribution in [2.75, 3.05) is 0 Å². The molecule has 0 aromatic rings. The summed E-state index contributed by atoms with van der Waals surface area (Å²) in [5.41, 5.74) is 3.38. The molecule has 0 aromatic heterocycles. The number of rotatable bonds is 8. The maximum absolute atomic E-state index is 4.04. The Morgan fingerprint density at radius 1 is 1.14 bits per heavy atom. The van der Waals surface area contributed by atoms with E-state index >= 15 is 0 Å². The quantitative estimate of drug-likeness (QED) is 0.378. The third kappa shape index (κ3) is 3.17. The lowest BCUT2D eigenvalue weighted by molar-refractivity contribution is 0.145. The maximum atomic E-state index is 4.04. The number of hydrogen-bond acceptors (Lipinski definition) is 1. The van der Waals surface area contributed by atoms with Crippen molar-refractivity contribution in [2.24, 2.45) is 5.92 Å². The Bertz CT molecular complexity index is 427. The van der Waals surface area contributed by atoms with Crippen LogP contribution in [0.5, 0.6) is 0 Å². The van der Waals surface area contributed by atoms with Crippen LogP contribution in [0.1, 0.15) is 66.7 Å². The van der Waals surface area contributed by atoms with Crippen molar-refractivity contribution in [3.63, 3.8) is 0 Å². The molecule has 1 aliphatic rings. The van der Waals surface area contributed by atoms with Crippen LogP contribution in [0.4, 0.5) is 0 Å². The standard InChI is InChI=1S/C20H33N/c1-7-13-14-16-21-19(11-5)17(9-3)18(10-4)20(21,12-6)15-8-2/h7-8,13-14,16,18H,2,9-12,15H2,1,3-6H3. The fraction of sp³-hybridized carbons (Fsp3) is 0.600. The van der Waals surface area contributed by atoms with Crippen LogP contribution < -0.4 is 0 Å². The zero-order valence-corrected chi connectivity index (χ0v) is 14.7. The van der Waals surface area contributed by atoms with Crippen molar-refractivity contribution in [2.45, 2.75) is 72.3 Å². The second kappa shape index (κ2) is 8.26. The van der Waals surface area contributed by atoms with Gasteiger partial charge in [-0.3, -0.25) is 0 Å². The van der Waals surface area contributed by atoms with E-state index in [0.29, 0.717) is 5.92 Å². The van der Waals surface area contributed by atoms with E-state index in [4.69, 9.17) is 0 Å². The molecule has 1 rings (SSSR count). The van der Waals surface area contributed by atoms with Crippen LogP contribution in [0.15, 0.2) is 48.4 Å². The Kier molecular flexibility index (Phi) is 7.01.